The fourth-order valence-corrected chi connectivity index (χ4v) is 4.34. The lowest BCUT2D eigenvalue weighted by atomic mass is 10.2. The van der Waals surface area contributed by atoms with Crippen LogP contribution in [0.1, 0.15) is 6.92 Å². The number of rotatable bonds is 8. The number of carbonyl (C=O) groups excluding carboxylic acids is 1. The Balaban J connectivity index is 1.84. The van der Waals surface area contributed by atoms with Crippen LogP contribution in [0.15, 0.2) is 52.3 Å². The average Bonchev–Trinajstić information content (AvgIpc) is 3.19. The number of thioether (sulfide) groups is 1. The molecule has 1 N–H and O–H groups in total. The average molecular weight is 432 g/mol. The first-order valence-corrected chi connectivity index (χ1v) is 10.5. The summed E-state index contributed by atoms with van der Waals surface area (Å²) in [6.45, 7) is 5.80. The third kappa shape index (κ3) is 4.63. The van der Waals surface area contributed by atoms with Crippen LogP contribution in [0.3, 0.4) is 0 Å². The van der Waals surface area contributed by atoms with Crippen LogP contribution in [0, 0.1) is 0 Å². The lowest BCUT2D eigenvalue weighted by Gasteiger charge is -2.15. The monoisotopic (exact) mass is 431 g/mol. The lowest BCUT2D eigenvalue weighted by molar-refractivity contribution is -0.115. The summed E-state index contributed by atoms with van der Waals surface area (Å²) >= 11 is 2.58. The maximum Gasteiger partial charge on any atom is 0.272 e. The summed E-state index contributed by atoms with van der Waals surface area (Å²) in [4.78, 5) is 30.0. The van der Waals surface area contributed by atoms with Gasteiger partial charge in [0.15, 0.2) is 5.16 Å². The predicted molar refractivity (Wildman–Crippen MR) is 118 cm³/mol. The topological polar surface area (TPSA) is 82.5 Å². The van der Waals surface area contributed by atoms with Crippen molar-refractivity contribution in [2.24, 2.45) is 0 Å². The summed E-state index contributed by atoms with van der Waals surface area (Å²) in [5, 5.41) is 4.67. The number of fused-ring (bicyclic) bond motifs is 1. The predicted octanol–water partition coefficient (Wildman–Crippen LogP) is 3.78. The molecule has 1 aromatic carbocycles. The number of hydrogen-bond acceptors (Lipinski definition) is 7. The van der Waals surface area contributed by atoms with Crippen LogP contribution in [-0.4, -0.2) is 34.9 Å². The number of nitrogens with zero attached hydrogens (tertiary/aromatic N) is 2. The van der Waals surface area contributed by atoms with Gasteiger partial charge in [-0.25, -0.2) is 4.98 Å². The molecule has 2 aromatic heterocycles. The first-order valence-electron chi connectivity index (χ1n) is 8.76. The van der Waals surface area contributed by atoms with Crippen molar-refractivity contribution in [2.75, 3.05) is 19.5 Å². The number of anilines is 1. The van der Waals surface area contributed by atoms with Crippen molar-refractivity contribution in [1.29, 1.82) is 0 Å². The van der Waals surface area contributed by atoms with Crippen molar-refractivity contribution in [2.45, 2.75) is 23.9 Å². The highest BCUT2D eigenvalue weighted by molar-refractivity contribution is 8.00. The summed E-state index contributed by atoms with van der Waals surface area (Å²) in [7, 11) is 3.09. The molecule has 1 atom stereocenters. The molecule has 0 spiro atoms. The van der Waals surface area contributed by atoms with Gasteiger partial charge in [-0.1, -0.05) is 17.8 Å². The van der Waals surface area contributed by atoms with Crippen molar-refractivity contribution < 1.29 is 14.3 Å². The van der Waals surface area contributed by atoms with E-state index in [-0.39, 0.29) is 11.5 Å². The molecule has 152 valence electrons. The number of amides is 1. The van der Waals surface area contributed by atoms with E-state index < -0.39 is 5.25 Å². The van der Waals surface area contributed by atoms with Gasteiger partial charge >= 0.3 is 0 Å². The number of nitrogens with one attached hydrogen (secondary N) is 1. The molecule has 0 fully saturated rings. The first-order chi connectivity index (χ1) is 14.0. The van der Waals surface area contributed by atoms with E-state index in [1.54, 1.807) is 51.5 Å². The molecule has 0 bridgehead atoms. The molecule has 0 aliphatic heterocycles. The summed E-state index contributed by atoms with van der Waals surface area (Å²) in [5.41, 5.74) is 1.06. The van der Waals surface area contributed by atoms with E-state index in [2.05, 4.69) is 16.9 Å². The van der Waals surface area contributed by atoms with Crippen molar-refractivity contribution >= 4 is 44.9 Å². The molecular weight excluding hydrogens is 410 g/mol. The van der Waals surface area contributed by atoms with Crippen molar-refractivity contribution in [3.8, 4) is 11.5 Å². The molecule has 0 saturated carbocycles. The van der Waals surface area contributed by atoms with Gasteiger partial charge in [-0.15, -0.1) is 17.9 Å². The van der Waals surface area contributed by atoms with Crippen LogP contribution in [0.25, 0.3) is 10.2 Å². The minimum Gasteiger partial charge on any atom is -0.497 e. The summed E-state index contributed by atoms with van der Waals surface area (Å²) in [6.07, 6.45) is 1.64. The Morgan fingerprint density at radius 2 is 2.03 bits per heavy atom. The minimum atomic E-state index is -0.494. The smallest absolute Gasteiger partial charge is 0.272 e. The van der Waals surface area contributed by atoms with E-state index in [1.807, 2.05) is 5.38 Å². The Hall–Kier alpha value is -2.78. The molecule has 29 heavy (non-hydrogen) atoms. The molecule has 7 nitrogen and oxygen atoms in total. The molecule has 1 unspecified atom stereocenters. The van der Waals surface area contributed by atoms with Gasteiger partial charge < -0.3 is 14.8 Å². The Kier molecular flexibility index (Phi) is 6.60. The van der Waals surface area contributed by atoms with Crippen molar-refractivity contribution in [3.63, 3.8) is 0 Å². The van der Waals surface area contributed by atoms with Crippen molar-refractivity contribution in [3.05, 3.63) is 52.7 Å². The highest BCUT2D eigenvalue weighted by atomic mass is 32.2. The van der Waals surface area contributed by atoms with Gasteiger partial charge in [0.2, 0.25) is 5.91 Å². The Morgan fingerprint density at radius 1 is 1.34 bits per heavy atom. The molecule has 3 rings (SSSR count). The number of aromatic nitrogens is 2. The normalized spacial score (nSPS) is 11.8. The number of benzene rings is 1. The van der Waals surface area contributed by atoms with Crippen LogP contribution in [0.4, 0.5) is 5.69 Å². The largest absolute Gasteiger partial charge is 0.497 e. The minimum absolute atomic E-state index is 0.127. The van der Waals surface area contributed by atoms with Crippen LogP contribution in [0.2, 0.25) is 0 Å². The molecule has 0 radical (unpaired) electrons. The lowest BCUT2D eigenvalue weighted by Crippen LogP contribution is -2.26. The maximum absolute atomic E-state index is 12.7. The number of allylic oxidation sites excluding steroid dienone is 1. The number of thiophene rings is 1. The second-order valence-electron chi connectivity index (χ2n) is 6.08. The van der Waals surface area contributed by atoms with E-state index in [0.717, 1.165) is 0 Å². The molecule has 0 aliphatic carbocycles. The van der Waals surface area contributed by atoms with E-state index in [9.17, 15) is 9.59 Å². The molecule has 1 amide bonds. The Morgan fingerprint density at radius 3 is 2.66 bits per heavy atom. The third-order valence-electron chi connectivity index (χ3n) is 4.11. The van der Waals surface area contributed by atoms with E-state index >= 15 is 0 Å². The fraction of sp³-hybridized carbons (Fsp3) is 0.250. The third-order valence-corrected chi connectivity index (χ3v) is 6.09. The van der Waals surface area contributed by atoms with E-state index in [1.165, 1.54) is 27.7 Å². The summed E-state index contributed by atoms with van der Waals surface area (Å²) in [5.74, 6) is 0.920. The SMILES string of the molecule is C=CCn1c(SC(C)C(=O)Nc2cc(OC)cc(OC)c2)nc2ccsc2c1=O. The van der Waals surface area contributed by atoms with Gasteiger partial charge in [0.1, 0.15) is 16.2 Å². The Bertz CT molecular complexity index is 1080. The van der Waals surface area contributed by atoms with Crippen LogP contribution < -0.4 is 20.3 Å². The van der Waals surface area contributed by atoms with Gasteiger partial charge in [-0.3, -0.25) is 14.2 Å². The fourth-order valence-electron chi connectivity index (χ4n) is 2.64. The van der Waals surface area contributed by atoms with Gasteiger partial charge in [0, 0.05) is 30.4 Å². The molecule has 0 saturated heterocycles. The van der Waals surface area contributed by atoms with E-state index in [0.29, 0.717) is 39.1 Å². The number of hydrogen-bond donors (Lipinski definition) is 1. The highest BCUT2D eigenvalue weighted by Crippen LogP contribution is 2.28. The Labute approximate surface area is 176 Å². The van der Waals surface area contributed by atoms with Gasteiger partial charge in [0.25, 0.3) is 5.56 Å². The summed E-state index contributed by atoms with van der Waals surface area (Å²) in [6, 6.07) is 6.95. The zero-order valence-corrected chi connectivity index (χ0v) is 17.9. The van der Waals surface area contributed by atoms with Gasteiger partial charge in [-0.05, 0) is 18.4 Å². The molecule has 3 aromatic rings. The quantitative estimate of drug-likeness (QED) is 0.332. The second kappa shape index (κ2) is 9.15. The van der Waals surface area contributed by atoms with Gasteiger partial charge in [-0.2, -0.15) is 0 Å². The maximum atomic E-state index is 12.7. The molecule has 9 heteroatoms. The number of ether oxygens (including phenoxy) is 2. The zero-order valence-electron chi connectivity index (χ0n) is 16.3. The van der Waals surface area contributed by atoms with Crippen LogP contribution >= 0.6 is 23.1 Å². The van der Waals surface area contributed by atoms with E-state index in [4.69, 9.17) is 9.47 Å². The summed E-state index contributed by atoms with van der Waals surface area (Å²) < 4.78 is 12.6. The standard InChI is InChI=1S/C20H21N3O4S2/c1-5-7-23-19(25)17-16(6-8-28-17)22-20(23)29-12(2)18(24)21-13-9-14(26-3)11-15(10-13)27-4/h5-6,8-12H,1,7H2,2-4H3,(H,21,24). The van der Waals surface area contributed by atoms with Crippen LogP contribution in [0.5, 0.6) is 11.5 Å². The number of carbonyl (C=O) groups is 1. The van der Waals surface area contributed by atoms with Crippen molar-refractivity contribution in [1.82, 2.24) is 9.55 Å². The highest BCUT2D eigenvalue weighted by Gasteiger charge is 2.20. The number of methoxy groups -OCH3 is 2. The molecular formula is C20H21N3O4S2. The molecule has 0 aliphatic rings. The zero-order chi connectivity index (χ0) is 21.0. The second-order valence-corrected chi connectivity index (χ2v) is 8.31. The van der Waals surface area contributed by atoms with Gasteiger partial charge in [0.05, 0.1) is 25.0 Å². The van der Waals surface area contributed by atoms with Crippen LogP contribution in [-0.2, 0) is 11.3 Å². The molecule has 2 heterocycles. The first kappa shape index (κ1) is 20.9.